The summed E-state index contributed by atoms with van der Waals surface area (Å²) < 4.78 is 27.0. The van der Waals surface area contributed by atoms with Crippen LogP contribution in [0.5, 0.6) is 0 Å². The van der Waals surface area contributed by atoms with Crippen LogP contribution in [0.3, 0.4) is 0 Å². The van der Waals surface area contributed by atoms with Crippen molar-refractivity contribution in [2.45, 2.75) is 0 Å². The van der Waals surface area contributed by atoms with Gasteiger partial charge < -0.3 is 9.09 Å². The Balaban J connectivity index is 4.17. The first-order valence-corrected chi connectivity index (χ1v) is 7.97. The zero-order valence-electron chi connectivity index (χ0n) is 6.83. The quantitative estimate of drug-likeness (QED) is 0.631. The SMILES string of the molecule is COP(C)(=O)CP(C)(C)=O. The fourth-order valence-corrected chi connectivity index (χ4v) is 6.09. The third-order valence-corrected chi connectivity index (χ3v) is 6.54. The van der Waals surface area contributed by atoms with Gasteiger partial charge in [0, 0.05) is 13.8 Å². The molecule has 0 spiro atoms. The maximum Gasteiger partial charge on any atom is 0.207 e. The minimum atomic E-state index is -2.56. The second-order valence-electron chi connectivity index (χ2n) is 2.91. The van der Waals surface area contributed by atoms with Crippen LogP contribution < -0.4 is 0 Å². The van der Waals surface area contributed by atoms with Crippen molar-refractivity contribution in [2.75, 3.05) is 33.0 Å². The molecule has 0 aliphatic rings. The van der Waals surface area contributed by atoms with Crippen LogP contribution in [-0.2, 0) is 13.7 Å². The van der Waals surface area contributed by atoms with E-state index in [-0.39, 0.29) is 5.90 Å². The molecule has 0 rings (SSSR count). The molecule has 0 saturated carbocycles. The average Bonchev–Trinajstić information content (AvgIpc) is 1.60. The lowest BCUT2D eigenvalue weighted by molar-refractivity contribution is 0.402. The zero-order chi connectivity index (χ0) is 8.41. The van der Waals surface area contributed by atoms with Crippen molar-refractivity contribution < 1.29 is 13.7 Å². The van der Waals surface area contributed by atoms with Gasteiger partial charge >= 0.3 is 0 Å². The van der Waals surface area contributed by atoms with Gasteiger partial charge in [-0.1, -0.05) is 0 Å². The van der Waals surface area contributed by atoms with Crippen LogP contribution in [0.4, 0.5) is 0 Å². The van der Waals surface area contributed by atoms with Crippen molar-refractivity contribution in [3.63, 3.8) is 0 Å². The molecule has 0 aromatic rings. The Morgan fingerprint density at radius 1 is 1.20 bits per heavy atom. The van der Waals surface area contributed by atoms with Crippen LogP contribution in [0.15, 0.2) is 0 Å². The summed E-state index contributed by atoms with van der Waals surface area (Å²) >= 11 is 0. The smallest absolute Gasteiger partial charge is 0.207 e. The second kappa shape index (κ2) is 3.21. The van der Waals surface area contributed by atoms with Crippen LogP contribution in [-0.4, -0.2) is 33.0 Å². The third kappa shape index (κ3) is 5.22. The first-order valence-electron chi connectivity index (χ1n) is 2.93. The molecule has 10 heavy (non-hydrogen) atoms. The lowest BCUT2D eigenvalue weighted by Crippen LogP contribution is -1.90. The van der Waals surface area contributed by atoms with E-state index in [0.717, 1.165) is 0 Å². The third-order valence-electron chi connectivity index (χ3n) is 0.984. The van der Waals surface area contributed by atoms with Gasteiger partial charge in [-0.3, -0.25) is 4.57 Å². The summed E-state index contributed by atoms with van der Waals surface area (Å²) in [6.45, 7) is 4.73. The molecule has 5 heteroatoms. The monoisotopic (exact) mass is 184 g/mol. The lowest BCUT2D eigenvalue weighted by atomic mass is 11.8. The fourth-order valence-electron chi connectivity index (χ4n) is 0.676. The van der Waals surface area contributed by atoms with E-state index in [1.165, 1.54) is 13.8 Å². The van der Waals surface area contributed by atoms with E-state index in [1.807, 2.05) is 0 Å². The molecule has 3 nitrogen and oxygen atoms in total. The molecule has 0 heterocycles. The van der Waals surface area contributed by atoms with Gasteiger partial charge in [0.25, 0.3) is 0 Å². The van der Waals surface area contributed by atoms with E-state index < -0.39 is 14.5 Å². The largest absolute Gasteiger partial charge is 0.332 e. The maximum absolute atomic E-state index is 11.2. The highest BCUT2D eigenvalue weighted by molar-refractivity contribution is 7.77. The van der Waals surface area contributed by atoms with Crippen molar-refractivity contribution in [3.8, 4) is 0 Å². The van der Waals surface area contributed by atoms with Crippen LogP contribution >= 0.6 is 14.5 Å². The molecule has 1 atom stereocenters. The lowest BCUT2D eigenvalue weighted by Gasteiger charge is -2.12. The van der Waals surface area contributed by atoms with E-state index >= 15 is 0 Å². The minimum absolute atomic E-state index is 0.205. The first-order chi connectivity index (χ1) is 4.27. The van der Waals surface area contributed by atoms with Gasteiger partial charge in [0.05, 0.1) is 13.0 Å². The number of hydrogen-bond acceptors (Lipinski definition) is 3. The summed E-state index contributed by atoms with van der Waals surface area (Å²) in [4.78, 5) is 0. The molecule has 0 N–H and O–H groups in total. The Morgan fingerprint density at radius 3 is 1.70 bits per heavy atom. The van der Waals surface area contributed by atoms with Gasteiger partial charge in [-0.2, -0.15) is 0 Å². The average molecular weight is 184 g/mol. The Hall–Kier alpha value is 0.420. The van der Waals surface area contributed by atoms with Gasteiger partial charge in [-0.15, -0.1) is 0 Å². The maximum atomic E-state index is 11.2. The topological polar surface area (TPSA) is 43.4 Å². The standard InChI is InChI=1S/C5H14O3P2/c1-8-10(4,7)5-9(2,3)6/h5H2,1-4H3. The van der Waals surface area contributed by atoms with Gasteiger partial charge in [0.2, 0.25) is 7.37 Å². The molecular formula is C5H14O3P2. The molecule has 62 valence electrons. The first kappa shape index (κ1) is 10.4. The van der Waals surface area contributed by atoms with Gasteiger partial charge in [0.15, 0.2) is 0 Å². The van der Waals surface area contributed by atoms with E-state index in [9.17, 15) is 9.13 Å². The zero-order valence-corrected chi connectivity index (χ0v) is 8.62. The van der Waals surface area contributed by atoms with Crippen LogP contribution in [0.1, 0.15) is 0 Å². The van der Waals surface area contributed by atoms with E-state index in [0.29, 0.717) is 0 Å². The summed E-state index contributed by atoms with van der Waals surface area (Å²) in [5.41, 5.74) is 0. The Labute approximate surface area is 62.0 Å². The Bertz CT molecular complexity index is 193. The highest BCUT2D eigenvalue weighted by atomic mass is 31.2. The van der Waals surface area contributed by atoms with E-state index in [2.05, 4.69) is 0 Å². The molecule has 0 aliphatic carbocycles. The van der Waals surface area contributed by atoms with Crippen molar-refractivity contribution in [1.29, 1.82) is 0 Å². The molecule has 1 unspecified atom stereocenters. The predicted octanol–water partition coefficient (Wildman–Crippen LogP) is 2.12. The highest BCUT2D eigenvalue weighted by Gasteiger charge is 2.21. The normalized spacial score (nSPS) is 18.4. The highest BCUT2D eigenvalue weighted by Crippen LogP contribution is 2.55. The van der Waals surface area contributed by atoms with Crippen molar-refractivity contribution in [2.24, 2.45) is 0 Å². The molecule has 0 radical (unpaired) electrons. The Morgan fingerprint density at radius 2 is 1.60 bits per heavy atom. The summed E-state index contributed by atoms with van der Waals surface area (Å²) in [5.74, 6) is 0.205. The van der Waals surface area contributed by atoms with E-state index in [1.54, 1.807) is 13.3 Å². The second-order valence-corrected chi connectivity index (χ2v) is 9.58. The summed E-state index contributed by atoms with van der Waals surface area (Å²) in [6, 6.07) is 0. The van der Waals surface area contributed by atoms with Gasteiger partial charge in [0.1, 0.15) is 0 Å². The summed E-state index contributed by atoms with van der Waals surface area (Å²) in [6.07, 6.45) is 0. The van der Waals surface area contributed by atoms with E-state index in [4.69, 9.17) is 4.52 Å². The fraction of sp³-hybridized carbons (Fsp3) is 1.00. The molecule has 0 aromatic heterocycles. The molecule has 0 amide bonds. The van der Waals surface area contributed by atoms with Crippen molar-refractivity contribution >= 4 is 14.5 Å². The summed E-state index contributed by atoms with van der Waals surface area (Å²) in [7, 11) is -3.36. The van der Waals surface area contributed by atoms with Crippen LogP contribution in [0.25, 0.3) is 0 Å². The van der Waals surface area contributed by atoms with Gasteiger partial charge in [-0.05, 0) is 13.3 Å². The van der Waals surface area contributed by atoms with Gasteiger partial charge in [-0.25, -0.2) is 0 Å². The molecular weight excluding hydrogens is 170 g/mol. The van der Waals surface area contributed by atoms with Crippen LogP contribution in [0.2, 0.25) is 0 Å². The minimum Gasteiger partial charge on any atom is -0.332 e. The number of rotatable bonds is 3. The van der Waals surface area contributed by atoms with Crippen molar-refractivity contribution in [1.82, 2.24) is 0 Å². The molecule has 0 aliphatic heterocycles. The van der Waals surface area contributed by atoms with Crippen LogP contribution in [0, 0.1) is 0 Å². The van der Waals surface area contributed by atoms with Crippen molar-refractivity contribution in [3.05, 3.63) is 0 Å². The molecule has 0 saturated heterocycles. The predicted molar refractivity (Wildman–Crippen MR) is 44.9 cm³/mol. The number of hydrogen-bond donors (Lipinski definition) is 0. The molecule has 0 bridgehead atoms. The molecule has 0 fully saturated rings. The Kier molecular flexibility index (Phi) is 3.35. The molecule has 0 aromatic carbocycles. The summed E-state index contributed by atoms with van der Waals surface area (Å²) in [5, 5.41) is 0.